The van der Waals surface area contributed by atoms with Crippen LogP contribution in [0.15, 0.2) is 0 Å². The third-order valence-corrected chi connectivity index (χ3v) is 1.70. The standard InChI is InChI=1S/C7H12O4/c1-9-4-6-5(10-2)3-7(8)11-6/h5-6H,3-4H2,1-2H3/t5-,6+/m0/s1. The number of esters is 1. The first-order chi connectivity index (χ1) is 5.27. The second-order valence-electron chi connectivity index (χ2n) is 2.46. The molecule has 64 valence electrons. The SMILES string of the molecule is COC[C@H]1OC(=O)C[C@@H]1OC. The van der Waals surface area contributed by atoms with Crippen molar-refractivity contribution in [3.63, 3.8) is 0 Å². The highest BCUT2D eigenvalue weighted by Gasteiger charge is 2.34. The summed E-state index contributed by atoms with van der Waals surface area (Å²) in [5.74, 6) is -0.209. The Bertz CT molecular complexity index is 145. The molecule has 4 nitrogen and oxygen atoms in total. The monoisotopic (exact) mass is 160 g/mol. The number of ether oxygens (including phenoxy) is 3. The highest BCUT2D eigenvalue weighted by atomic mass is 16.6. The molecule has 0 aromatic rings. The first kappa shape index (κ1) is 8.49. The zero-order chi connectivity index (χ0) is 8.27. The number of hydrogen-bond acceptors (Lipinski definition) is 4. The van der Waals surface area contributed by atoms with E-state index in [2.05, 4.69) is 0 Å². The highest BCUT2D eigenvalue weighted by molar-refractivity contribution is 5.72. The normalized spacial score (nSPS) is 30.5. The Hall–Kier alpha value is -0.610. The molecule has 0 N–H and O–H groups in total. The number of rotatable bonds is 3. The van der Waals surface area contributed by atoms with E-state index in [0.29, 0.717) is 13.0 Å². The molecule has 4 heteroatoms. The molecule has 0 aromatic heterocycles. The lowest BCUT2D eigenvalue weighted by Gasteiger charge is -2.14. The quantitative estimate of drug-likeness (QED) is 0.543. The summed E-state index contributed by atoms with van der Waals surface area (Å²) < 4.78 is 14.8. The van der Waals surface area contributed by atoms with Gasteiger partial charge in [-0.3, -0.25) is 4.79 Å². The molecule has 2 atom stereocenters. The van der Waals surface area contributed by atoms with Gasteiger partial charge in [0, 0.05) is 14.2 Å². The lowest BCUT2D eigenvalue weighted by molar-refractivity contribution is -0.143. The molecule has 0 saturated carbocycles. The van der Waals surface area contributed by atoms with Crippen molar-refractivity contribution in [3.8, 4) is 0 Å². The van der Waals surface area contributed by atoms with Crippen LogP contribution in [0, 0.1) is 0 Å². The minimum Gasteiger partial charge on any atom is -0.457 e. The maximum absolute atomic E-state index is 10.7. The van der Waals surface area contributed by atoms with Gasteiger partial charge < -0.3 is 14.2 Å². The van der Waals surface area contributed by atoms with E-state index >= 15 is 0 Å². The van der Waals surface area contributed by atoms with E-state index < -0.39 is 0 Å². The van der Waals surface area contributed by atoms with Crippen molar-refractivity contribution in [1.82, 2.24) is 0 Å². The summed E-state index contributed by atoms with van der Waals surface area (Å²) in [6.07, 6.45) is -0.0233. The van der Waals surface area contributed by atoms with Crippen LogP contribution in [0.2, 0.25) is 0 Å². The van der Waals surface area contributed by atoms with Crippen LogP contribution in [0.25, 0.3) is 0 Å². The Labute approximate surface area is 65.4 Å². The van der Waals surface area contributed by atoms with Gasteiger partial charge in [0.1, 0.15) is 6.10 Å². The topological polar surface area (TPSA) is 44.8 Å². The molecular formula is C7H12O4. The first-order valence-corrected chi connectivity index (χ1v) is 3.49. The van der Waals surface area contributed by atoms with E-state index in [1.807, 2.05) is 0 Å². The van der Waals surface area contributed by atoms with Gasteiger partial charge in [-0.15, -0.1) is 0 Å². The predicted molar refractivity (Wildman–Crippen MR) is 37.2 cm³/mol. The zero-order valence-electron chi connectivity index (χ0n) is 6.70. The van der Waals surface area contributed by atoms with Gasteiger partial charge in [0.25, 0.3) is 0 Å². The first-order valence-electron chi connectivity index (χ1n) is 3.49. The van der Waals surface area contributed by atoms with Crippen molar-refractivity contribution in [2.75, 3.05) is 20.8 Å². The number of carbonyl (C=O) groups is 1. The van der Waals surface area contributed by atoms with Crippen LogP contribution < -0.4 is 0 Å². The van der Waals surface area contributed by atoms with Gasteiger partial charge in [0.15, 0.2) is 6.10 Å². The number of hydrogen-bond donors (Lipinski definition) is 0. The summed E-state index contributed by atoms with van der Waals surface area (Å²) in [4.78, 5) is 10.7. The van der Waals surface area contributed by atoms with Crippen molar-refractivity contribution in [1.29, 1.82) is 0 Å². The third kappa shape index (κ3) is 1.91. The molecule has 0 aromatic carbocycles. The van der Waals surface area contributed by atoms with Crippen molar-refractivity contribution in [2.45, 2.75) is 18.6 Å². The molecule has 1 aliphatic heterocycles. The van der Waals surface area contributed by atoms with Crippen molar-refractivity contribution < 1.29 is 19.0 Å². The average molecular weight is 160 g/mol. The molecule has 1 saturated heterocycles. The van der Waals surface area contributed by atoms with Crippen molar-refractivity contribution in [2.24, 2.45) is 0 Å². The maximum atomic E-state index is 10.7. The molecular weight excluding hydrogens is 148 g/mol. The van der Waals surface area contributed by atoms with Gasteiger partial charge in [0.2, 0.25) is 0 Å². The molecule has 1 rings (SSSR count). The molecule has 1 fully saturated rings. The second-order valence-corrected chi connectivity index (χ2v) is 2.46. The van der Waals surface area contributed by atoms with Crippen molar-refractivity contribution >= 4 is 5.97 Å². The largest absolute Gasteiger partial charge is 0.457 e. The van der Waals surface area contributed by atoms with E-state index in [1.165, 1.54) is 0 Å². The molecule has 1 aliphatic rings. The number of methoxy groups -OCH3 is 2. The molecule has 0 bridgehead atoms. The Morgan fingerprint density at radius 3 is 2.91 bits per heavy atom. The summed E-state index contributed by atoms with van der Waals surface area (Å²) in [7, 11) is 3.13. The van der Waals surface area contributed by atoms with Crippen molar-refractivity contribution in [3.05, 3.63) is 0 Å². The molecule has 0 unspecified atom stereocenters. The second kappa shape index (κ2) is 3.69. The zero-order valence-corrected chi connectivity index (χ0v) is 6.70. The predicted octanol–water partition coefficient (Wildman–Crippen LogP) is -0.0367. The van der Waals surface area contributed by atoms with Crippen LogP contribution in [-0.4, -0.2) is 39.0 Å². The molecule has 0 radical (unpaired) electrons. The van der Waals surface area contributed by atoms with Gasteiger partial charge in [-0.2, -0.15) is 0 Å². The average Bonchev–Trinajstić information content (AvgIpc) is 2.32. The third-order valence-electron chi connectivity index (χ3n) is 1.70. The summed E-state index contributed by atoms with van der Waals surface area (Å²) in [5, 5.41) is 0. The van der Waals surface area contributed by atoms with E-state index in [1.54, 1.807) is 14.2 Å². The molecule has 0 spiro atoms. The Balaban J connectivity index is 2.43. The lowest BCUT2D eigenvalue weighted by atomic mass is 10.2. The van der Waals surface area contributed by atoms with Crippen LogP contribution in [0.1, 0.15) is 6.42 Å². The molecule has 0 aliphatic carbocycles. The fraction of sp³-hybridized carbons (Fsp3) is 0.857. The van der Waals surface area contributed by atoms with E-state index in [0.717, 1.165) is 0 Å². The lowest BCUT2D eigenvalue weighted by Crippen LogP contribution is -2.27. The fourth-order valence-corrected chi connectivity index (χ4v) is 1.13. The Kier molecular flexibility index (Phi) is 2.84. The van der Waals surface area contributed by atoms with Crippen LogP contribution in [0.5, 0.6) is 0 Å². The van der Waals surface area contributed by atoms with Gasteiger partial charge in [-0.05, 0) is 0 Å². The van der Waals surface area contributed by atoms with Crippen LogP contribution in [0.3, 0.4) is 0 Å². The molecule has 11 heavy (non-hydrogen) atoms. The molecule has 0 amide bonds. The minimum absolute atomic E-state index is 0.137. The molecule has 1 heterocycles. The summed E-state index contributed by atoms with van der Waals surface area (Å²) in [6.45, 7) is 0.407. The highest BCUT2D eigenvalue weighted by Crippen LogP contribution is 2.17. The van der Waals surface area contributed by atoms with E-state index in [9.17, 15) is 4.79 Å². The number of cyclic esters (lactones) is 1. The van der Waals surface area contributed by atoms with E-state index in [-0.39, 0.29) is 18.2 Å². The summed E-state index contributed by atoms with van der Waals surface area (Å²) in [6, 6.07) is 0. The smallest absolute Gasteiger partial charge is 0.309 e. The Morgan fingerprint density at radius 1 is 1.64 bits per heavy atom. The fourth-order valence-electron chi connectivity index (χ4n) is 1.13. The van der Waals surface area contributed by atoms with Crippen LogP contribution in [0.4, 0.5) is 0 Å². The van der Waals surface area contributed by atoms with Gasteiger partial charge in [-0.1, -0.05) is 0 Å². The van der Waals surface area contributed by atoms with Gasteiger partial charge in [-0.25, -0.2) is 0 Å². The minimum atomic E-state index is -0.225. The van der Waals surface area contributed by atoms with Gasteiger partial charge >= 0.3 is 5.97 Å². The van der Waals surface area contributed by atoms with E-state index in [4.69, 9.17) is 14.2 Å². The number of carbonyl (C=O) groups excluding carboxylic acids is 1. The van der Waals surface area contributed by atoms with Crippen LogP contribution in [-0.2, 0) is 19.0 Å². The van der Waals surface area contributed by atoms with Crippen LogP contribution >= 0.6 is 0 Å². The summed E-state index contributed by atoms with van der Waals surface area (Å²) in [5.41, 5.74) is 0. The maximum Gasteiger partial charge on any atom is 0.309 e. The van der Waals surface area contributed by atoms with Gasteiger partial charge in [0.05, 0.1) is 13.0 Å². The summed E-state index contributed by atoms with van der Waals surface area (Å²) >= 11 is 0. The Morgan fingerprint density at radius 2 is 2.36 bits per heavy atom.